The van der Waals surface area contributed by atoms with E-state index >= 15 is 0 Å². The first-order valence-electron chi connectivity index (χ1n) is 5.29. The number of ether oxygens (including phenoxy) is 2. The summed E-state index contributed by atoms with van der Waals surface area (Å²) in [5.41, 5.74) is 0.273. The molecule has 0 aromatic heterocycles. The minimum Gasteiger partial charge on any atom is -0.497 e. The summed E-state index contributed by atoms with van der Waals surface area (Å²) < 4.78 is 23.9. The molecule has 0 saturated carbocycles. The first-order valence-corrected chi connectivity index (χ1v) is 5.29. The molecule has 0 N–H and O–H groups in total. The zero-order chi connectivity index (χ0) is 13.0. The lowest BCUT2D eigenvalue weighted by Crippen LogP contribution is -1.90. The van der Waals surface area contributed by atoms with Crippen molar-refractivity contribution >= 4 is 6.29 Å². The lowest BCUT2D eigenvalue weighted by atomic mass is 10.2. The van der Waals surface area contributed by atoms with Crippen molar-refractivity contribution in [2.45, 2.75) is 0 Å². The third-order valence-corrected chi connectivity index (χ3v) is 2.38. The van der Waals surface area contributed by atoms with Crippen LogP contribution in [-0.4, -0.2) is 13.4 Å². The smallest absolute Gasteiger partial charge is 0.166 e. The van der Waals surface area contributed by atoms with Crippen molar-refractivity contribution < 1.29 is 18.7 Å². The molecule has 2 aromatic carbocycles. The molecular formula is C14H11FO3. The van der Waals surface area contributed by atoms with Crippen LogP contribution in [0.4, 0.5) is 4.39 Å². The molecule has 0 amide bonds. The van der Waals surface area contributed by atoms with Gasteiger partial charge >= 0.3 is 0 Å². The fraction of sp³-hybridized carbons (Fsp3) is 0.0714. The second-order valence-corrected chi connectivity index (χ2v) is 3.59. The summed E-state index contributed by atoms with van der Waals surface area (Å²) in [7, 11) is 1.56. The molecule has 0 spiro atoms. The summed E-state index contributed by atoms with van der Waals surface area (Å²) in [6, 6.07) is 10.8. The predicted octanol–water partition coefficient (Wildman–Crippen LogP) is 3.44. The third kappa shape index (κ3) is 2.66. The van der Waals surface area contributed by atoms with Gasteiger partial charge in [0.1, 0.15) is 17.8 Å². The predicted molar refractivity (Wildman–Crippen MR) is 64.9 cm³/mol. The number of carbonyl (C=O) groups is 1. The third-order valence-electron chi connectivity index (χ3n) is 2.38. The molecule has 0 aliphatic rings. The van der Waals surface area contributed by atoms with Crippen molar-refractivity contribution in [3.05, 3.63) is 53.8 Å². The van der Waals surface area contributed by atoms with Crippen molar-refractivity contribution in [1.29, 1.82) is 0 Å². The lowest BCUT2D eigenvalue weighted by Gasteiger charge is -2.07. The standard InChI is InChI=1S/C14H11FO3/c1-17-11-3-5-12(6-4-11)18-14-7-2-10(9-16)8-13(14)15/h2-9H,1H3. The number of rotatable bonds is 4. The molecule has 0 unspecified atom stereocenters. The molecule has 0 heterocycles. The van der Waals surface area contributed by atoms with Gasteiger partial charge in [0.25, 0.3) is 0 Å². The molecular weight excluding hydrogens is 235 g/mol. The van der Waals surface area contributed by atoms with Crippen LogP contribution in [0.1, 0.15) is 10.4 Å². The zero-order valence-corrected chi connectivity index (χ0v) is 9.72. The Labute approximate surface area is 104 Å². The summed E-state index contributed by atoms with van der Waals surface area (Å²) in [4.78, 5) is 10.5. The van der Waals surface area contributed by atoms with Crippen LogP contribution in [0.2, 0.25) is 0 Å². The first kappa shape index (κ1) is 12.1. The van der Waals surface area contributed by atoms with E-state index in [0.717, 1.165) is 6.07 Å². The quantitative estimate of drug-likeness (QED) is 0.775. The Morgan fingerprint density at radius 2 is 1.72 bits per heavy atom. The van der Waals surface area contributed by atoms with Gasteiger partial charge in [0.15, 0.2) is 11.6 Å². The molecule has 0 fully saturated rings. The van der Waals surface area contributed by atoms with E-state index in [-0.39, 0.29) is 11.3 Å². The van der Waals surface area contributed by atoms with Crippen LogP contribution in [0.5, 0.6) is 17.2 Å². The maximum absolute atomic E-state index is 13.6. The summed E-state index contributed by atoms with van der Waals surface area (Å²) in [5, 5.41) is 0. The van der Waals surface area contributed by atoms with E-state index in [1.165, 1.54) is 12.1 Å². The Morgan fingerprint density at radius 3 is 2.28 bits per heavy atom. The van der Waals surface area contributed by atoms with Gasteiger partial charge in [-0.2, -0.15) is 0 Å². The number of hydrogen-bond acceptors (Lipinski definition) is 3. The highest BCUT2D eigenvalue weighted by atomic mass is 19.1. The van der Waals surface area contributed by atoms with Crippen LogP contribution < -0.4 is 9.47 Å². The summed E-state index contributed by atoms with van der Waals surface area (Å²) in [6.45, 7) is 0. The van der Waals surface area contributed by atoms with Gasteiger partial charge in [-0.25, -0.2) is 4.39 Å². The topological polar surface area (TPSA) is 35.5 Å². The van der Waals surface area contributed by atoms with Crippen molar-refractivity contribution in [2.24, 2.45) is 0 Å². The molecule has 0 radical (unpaired) electrons. The van der Waals surface area contributed by atoms with Crippen LogP contribution >= 0.6 is 0 Å². The Kier molecular flexibility index (Phi) is 3.57. The number of halogens is 1. The lowest BCUT2D eigenvalue weighted by molar-refractivity contribution is 0.112. The van der Waals surface area contributed by atoms with Crippen LogP contribution in [0.25, 0.3) is 0 Å². The normalized spacial score (nSPS) is 9.89. The van der Waals surface area contributed by atoms with E-state index in [2.05, 4.69) is 0 Å². The average molecular weight is 246 g/mol. The molecule has 0 atom stereocenters. The van der Waals surface area contributed by atoms with Gasteiger partial charge in [0.2, 0.25) is 0 Å². The van der Waals surface area contributed by atoms with Crippen molar-refractivity contribution in [3.63, 3.8) is 0 Å². The van der Waals surface area contributed by atoms with Crippen LogP contribution in [-0.2, 0) is 0 Å². The molecule has 0 bridgehead atoms. The molecule has 92 valence electrons. The van der Waals surface area contributed by atoms with E-state index in [1.807, 2.05) is 0 Å². The molecule has 0 aliphatic carbocycles. The largest absolute Gasteiger partial charge is 0.497 e. The minimum atomic E-state index is -0.574. The van der Waals surface area contributed by atoms with E-state index in [1.54, 1.807) is 31.4 Å². The highest BCUT2D eigenvalue weighted by Crippen LogP contribution is 2.26. The van der Waals surface area contributed by atoms with Crippen LogP contribution in [0.15, 0.2) is 42.5 Å². The second kappa shape index (κ2) is 5.31. The van der Waals surface area contributed by atoms with E-state index in [9.17, 15) is 9.18 Å². The second-order valence-electron chi connectivity index (χ2n) is 3.59. The van der Waals surface area contributed by atoms with Crippen molar-refractivity contribution in [2.75, 3.05) is 7.11 Å². The fourth-order valence-electron chi connectivity index (χ4n) is 1.44. The van der Waals surface area contributed by atoms with Crippen molar-refractivity contribution in [3.8, 4) is 17.2 Å². The van der Waals surface area contributed by atoms with E-state index in [4.69, 9.17) is 9.47 Å². The van der Waals surface area contributed by atoms with Gasteiger partial charge in [-0.1, -0.05) is 0 Å². The molecule has 3 nitrogen and oxygen atoms in total. The van der Waals surface area contributed by atoms with Crippen LogP contribution in [0, 0.1) is 5.82 Å². The molecule has 0 aliphatic heterocycles. The maximum Gasteiger partial charge on any atom is 0.166 e. The Morgan fingerprint density at radius 1 is 1.06 bits per heavy atom. The van der Waals surface area contributed by atoms with Gasteiger partial charge in [-0.15, -0.1) is 0 Å². The fourth-order valence-corrected chi connectivity index (χ4v) is 1.44. The zero-order valence-electron chi connectivity index (χ0n) is 9.72. The molecule has 0 saturated heterocycles. The van der Waals surface area contributed by atoms with Gasteiger partial charge in [-0.3, -0.25) is 4.79 Å². The van der Waals surface area contributed by atoms with Crippen molar-refractivity contribution in [1.82, 2.24) is 0 Å². The van der Waals surface area contributed by atoms with Gasteiger partial charge < -0.3 is 9.47 Å². The average Bonchev–Trinajstić information content (AvgIpc) is 2.42. The van der Waals surface area contributed by atoms with Gasteiger partial charge in [0.05, 0.1) is 7.11 Å². The molecule has 4 heteroatoms. The Hall–Kier alpha value is -2.36. The molecule has 2 aromatic rings. The van der Waals surface area contributed by atoms with Crippen LogP contribution in [0.3, 0.4) is 0 Å². The molecule has 2 rings (SSSR count). The highest BCUT2D eigenvalue weighted by Gasteiger charge is 2.06. The monoisotopic (exact) mass is 246 g/mol. The summed E-state index contributed by atoms with van der Waals surface area (Å²) in [6.07, 6.45) is 0.584. The number of hydrogen-bond donors (Lipinski definition) is 0. The first-order chi connectivity index (χ1) is 8.72. The van der Waals surface area contributed by atoms with E-state index in [0.29, 0.717) is 17.8 Å². The molecule has 18 heavy (non-hydrogen) atoms. The minimum absolute atomic E-state index is 0.0748. The Bertz CT molecular complexity index is 549. The summed E-state index contributed by atoms with van der Waals surface area (Å²) in [5.74, 6) is 0.689. The van der Waals surface area contributed by atoms with E-state index < -0.39 is 5.82 Å². The Balaban J connectivity index is 2.19. The van der Waals surface area contributed by atoms with Gasteiger partial charge in [0, 0.05) is 5.56 Å². The number of aldehydes is 1. The number of benzene rings is 2. The van der Waals surface area contributed by atoms with Gasteiger partial charge in [-0.05, 0) is 42.5 Å². The SMILES string of the molecule is COc1ccc(Oc2ccc(C=O)cc2F)cc1. The summed E-state index contributed by atoms with van der Waals surface area (Å²) >= 11 is 0. The highest BCUT2D eigenvalue weighted by molar-refractivity contribution is 5.75. The number of methoxy groups -OCH3 is 1. The number of carbonyl (C=O) groups excluding carboxylic acids is 1. The maximum atomic E-state index is 13.6.